The van der Waals surface area contributed by atoms with E-state index in [1.165, 1.54) is 16.7 Å². The minimum atomic E-state index is -3.45. The van der Waals surface area contributed by atoms with Gasteiger partial charge in [-0.2, -0.15) is 4.31 Å². The summed E-state index contributed by atoms with van der Waals surface area (Å²) < 4.78 is 33.6. The molecule has 5 heteroatoms. The smallest absolute Gasteiger partial charge is 0.243 e. The molecule has 0 amide bonds. The molecule has 166 valence electrons. The van der Waals surface area contributed by atoms with Crippen LogP contribution in [0, 0.1) is 6.92 Å². The van der Waals surface area contributed by atoms with Gasteiger partial charge < -0.3 is 4.74 Å². The van der Waals surface area contributed by atoms with Crippen LogP contribution in [-0.2, 0) is 20.9 Å². The second-order valence-corrected chi connectivity index (χ2v) is 12.2. The van der Waals surface area contributed by atoms with Gasteiger partial charge in [0.15, 0.2) is 0 Å². The van der Waals surface area contributed by atoms with Crippen LogP contribution in [0.1, 0.15) is 57.2 Å². The highest BCUT2D eigenvalue weighted by Crippen LogP contribution is 2.45. The molecule has 31 heavy (non-hydrogen) atoms. The standard InChI is InChI=1S/C26H33NO3S/c1-19-6-9-22(10-7-19)31(28,29)27-14-12-20(13-15-27)17-26(5)18-30-24-11-8-21(16-23(24)26)25(2,3)4/h6-12,16H,13-15,17-18H2,1-5H3/t26-/m0/s1. The summed E-state index contributed by atoms with van der Waals surface area (Å²) in [5.41, 5.74) is 4.97. The van der Waals surface area contributed by atoms with Crippen molar-refractivity contribution in [1.29, 1.82) is 0 Å². The molecule has 2 heterocycles. The molecule has 0 aliphatic carbocycles. The monoisotopic (exact) mass is 439 g/mol. The van der Waals surface area contributed by atoms with Crippen molar-refractivity contribution in [3.05, 3.63) is 70.8 Å². The molecule has 0 saturated heterocycles. The lowest BCUT2D eigenvalue weighted by Gasteiger charge is -2.30. The van der Waals surface area contributed by atoms with Gasteiger partial charge in [-0.25, -0.2) is 8.42 Å². The Morgan fingerprint density at radius 1 is 1.10 bits per heavy atom. The Morgan fingerprint density at radius 2 is 1.81 bits per heavy atom. The summed E-state index contributed by atoms with van der Waals surface area (Å²) in [6, 6.07) is 13.7. The highest BCUT2D eigenvalue weighted by atomic mass is 32.2. The van der Waals surface area contributed by atoms with Crippen molar-refractivity contribution in [2.45, 2.75) is 63.2 Å². The summed E-state index contributed by atoms with van der Waals surface area (Å²) in [6.07, 6.45) is 3.76. The van der Waals surface area contributed by atoms with Crippen LogP contribution < -0.4 is 4.74 Å². The zero-order chi connectivity index (χ0) is 22.4. The van der Waals surface area contributed by atoms with Crippen molar-refractivity contribution in [2.75, 3.05) is 19.7 Å². The molecule has 2 aromatic rings. The van der Waals surface area contributed by atoms with Gasteiger partial charge in [0.1, 0.15) is 5.75 Å². The normalized spacial score (nSPS) is 22.0. The molecule has 2 aliphatic heterocycles. The van der Waals surface area contributed by atoms with Crippen molar-refractivity contribution in [3.63, 3.8) is 0 Å². The topological polar surface area (TPSA) is 46.6 Å². The second kappa shape index (κ2) is 7.79. The lowest BCUT2D eigenvalue weighted by atomic mass is 9.75. The highest BCUT2D eigenvalue weighted by Gasteiger charge is 2.38. The largest absolute Gasteiger partial charge is 0.492 e. The van der Waals surface area contributed by atoms with Crippen LogP contribution in [0.4, 0.5) is 0 Å². The Kier molecular flexibility index (Phi) is 5.55. The first kappa shape index (κ1) is 22.1. The molecule has 0 unspecified atom stereocenters. The van der Waals surface area contributed by atoms with Crippen LogP contribution in [0.2, 0.25) is 0 Å². The fourth-order valence-electron chi connectivity index (χ4n) is 4.49. The number of nitrogens with zero attached hydrogens (tertiary/aromatic N) is 1. The third kappa shape index (κ3) is 4.31. The molecule has 0 bridgehead atoms. The first-order chi connectivity index (χ1) is 14.5. The number of hydrogen-bond donors (Lipinski definition) is 0. The first-order valence-corrected chi connectivity index (χ1v) is 12.5. The number of fused-ring (bicyclic) bond motifs is 1. The molecule has 0 radical (unpaired) electrons. The third-order valence-electron chi connectivity index (χ3n) is 6.58. The van der Waals surface area contributed by atoms with Crippen molar-refractivity contribution in [1.82, 2.24) is 4.31 Å². The molecule has 0 spiro atoms. The van der Waals surface area contributed by atoms with E-state index in [0.29, 0.717) is 24.6 Å². The minimum Gasteiger partial charge on any atom is -0.492 e. The number of sulfonamides is 1. The highest BCUT2D eigenvalue weighted by molar-refractivity contribution is 7.89. The van der Waals surface area contributed by atoms with Crippen LogP contribution in [0.25, 0.3) is 0 Å². The van der Waals surface area contributed by atoms with Crippen LogP contribution in [0.15, 0.2) is 59.0 Å². The van der Waals surface area contributed by atoms with Crippen LogP contribution in [0.3, 0.4) is 0 Å². The number of rotatable bonds is 4. The zero-order valence-corrected chi connectivity index (χ0v) is 20.1. The Hall–Kier alpha value is -2.11. The Morgan fingerprint density at radius 3 is 2.42 bits per heavy atom. The van der Waals surface area contributed by atoms with Gasteiger partial charge in [-0.1, -0.05) is 69.2 Å². The molecule has 0 N–H and O–H groups in total. The van der Waals surface area contributed by atoms with Crippen molar-refractivity contribution in [2.24, 2.45) is 0 Å². The lowest BCUT2D eigenvalue weighted by Crippen LogP contribution is -2.36. The maximum absolute atomic E-state index is 13.0. The quantitative estimate of drug-likeness (QED) is 0.603. The van der Waals surface area contributed by atoms with Gasteiger partial charge in [-0.3, -0.25) is 0 Å². The number of ether oxygens (including phenoxy) is 1. The number of aryl methyl sites for hydroxylation is 1. The third-order valence-corrected chi connectivity index (χ3v) is 8.46. The molecule has 1 atom stereocenters. The summed E-state index contributed by atoms with van der Waals surface area (Å²) >= 11 is 0. The van der Waals surface area contributed by atoms with Crippen LogP contribution in [0.5, 0.6) is 5.75 Å². The maximum atomic E-state index is 13.0. The van der Waals surface area contributed by atoms with E-state index in [9.17, 15) is 8.42 Å². The number of benzene rings is 2. The average molecular weight is 440 g/mol. The van der Waals surface area contributed by atoms with Crippen LogP contribution >= 0.6 is 0 Å². The van der Waals surface area contributed by atoms with Gasteiger partial charge in [0.05, 0.1) is 11.5 Å². The van der Waals surface area contributed by atoms with E-state index in [1.54, 1.807) is 16.4 Å². The van der Waals surface area contributed by atoms with Gasteiger partial charge >= 0.3 is 0 Å². The predicted octanol–water partition coefficient (Wildman–Crippen LogP) is 5.35. The van der Waals surface area contributed by atoms with Crippen molar-refractivity contribution < 1.29 is 13.2 Å². The van der Waals surface area contributed by atoms with E-state index in [4.69, 9.17) is 4.74 Å². The second-order valence-electron chi connectivity index (χ2n) is 10.3. The predicted molar refractivity (Wildman–Crippen MR) is 125 cm³/mol. The van der Waals surface area contributed by atoms with Crippen molar-refractivity contribution in [3.8, 4) is 5.75 Å². The fraction of sp³-hybridized carbons (Fsp3) is 0.462. The van der Waals surface area contributed by atoms with Gasteiger partial charge in [0, 0.05) is 24.1 Å². The first-order valence-electron chi connectivity index (χ1n) is 11.0. The molecule has 0 aromatic heterocycles. The minimum absolute atomic E-state index is 0.0829. The average Bonchev–Trinajstić information content (AvgIpc) is 3.04. The zero-order valence-electron chi connectivity index (χ0n) is 19.2. The molecule has 4 rings (SSSR count). The molecule has 0 saturated carbocycles. The van der Waals surface area contributed by atoms with Crippen LogP contribution in [-0.4, -0.2) is 32.4 Å². The molecular formula is C26H33NO3S. The summed E-state index contributed by atoms with van der Waals surface area (Å²) in [6.45, 7) is 12.5. The van der Waals surface area contributed by atoms with E-state index in [0.717, 1.165) is 24.2 Å². The van der Waals surface area contributed by atoms with E-state index in [2.05, 4.69) is 52.0 Å². The van der Waals surface area contributed by atoms with E-state index in [-0.39, 0.29) is 10.8 Å². The van der Waals surface area contributed by atoms with E-state index < -0.39 is 10.0 Å². The van der Waals surface area contributed by atoms with E-state index >= 15 is 0 Å². The molecule has 0 fully saturated rings. The Balaban J connectivity index is 1.51. The summed E-state index contributed by atoms with van der Waals surface area (Å²) in [7, 11) is -3.45. The Labute approximate surface area is 187 Å². The molecule has 2 aromatic carbocycles. The molecular weight excluding hydrogens is 406 g/mol. The summed E-state index contributed by atoms with van der Waals surface area (Å²) in [4.78, 5) is 0.370. The molecule has 2 aliphatic rings. The van der Waals surface area contributed by atoms with Gasteiger partial charge in [-0.15, -0.1) is 0 Å². The Bertz CT molecular complexity index is 1110. The summed E-state index contributed by atoms with van der Waals surface area (Å²) in [5.74, 6) is 0.982. The molecule has 4 nitrogen and oxygen atoms in total. The maximum Gasteiger partial charge on any atom is 0.243 e. The van der Waals surface area contributed by atoms with Crippen molar-refractivity contribution >= 4 is 10.0 Å². The number of hydrogen-bond acceptors (Lipinski definition) is 3. The SMILES string of the molecule is Cc1ccc(S(=O)(=O)N2CC=C(C[C@@]3(C)COc4ccc(C(C)(C)C)cc43)CC2)cc1. The van der Waals surface area contributed by atoms with Gasteiger partial charge in [0.25, 0.3) is 0 Å². The lowest BCUT2D eigenvalue weighted by molar-refractivity contribution is 0.273. The summed E-state index contributed by atoms with van der Waals surface area (Å²) in [5, 5.41) is 0. The van der Waals surface area contributed by atoms with E-state index in [1.807, 2.05) is 19.1 Å². The fourth-order valence-corrected chi connectivity index (χ4v) is 5.87. The van der Waals surface area contributed by atoms with Gasteiger partial charge in [0.2, 0.25) is 10.0 Å². The van der Waals surface area contributed by atoms with Gasteiger partial charge in [-0.05, 0) is 48.9 Å².